The molecule has 0 aliphatic heterocycles. The van der Waals surface area contributed by atoms with Crippen LogP contribution in [0.1, 0.15) is 26.4 Å². The zero-order valence-corrected chi connectivity index (χ0v) is 16.2. The molecular formula is C20H18ClN3O2S. The highest BCUT2D eigenvalue weighted by atomic mass is 35.5. The van der Waals surface area contributed by atoms with Gasteiger partial charge in [0.05, 0.1) is 6.54 Å². The highest BCUT2D eigenvalue weighted by molar-refractivity contribution is 7.15. The van der Waals surface area contributed by atoms with Gasteiger partial charge in [-0.05, 0) is 36.8 Å². The second-order valence-corrected chi connectivity index (χ2v) is 7.58. The van der Waals surface area contributed by atoms with E-state index in [-0.39, 0.29) is 18.4 Å². The van der Waals surface area contributed by atoms with Crippen molar-refractivity contribution in [3.05, 3.63) is 81.3 Å². The Balaban J connectivity index is 1.49. The predicted octanol–water partition coefficient (Wildman–Crippen LogP) is 4.06. The number of rotatable bonds is 6. The summed E-state index contributed by atoms with van der Waals surface area (Å²) in [6, 6.07) is 14.8. The van der Waals surface area contributed by atoms with Gasteiger partial charge in [-0.15, -0.1) is 11.3 Å². The van der Waals surface area contributed by atoms with Crippen LogP contribution in [-0.4, -0.2) is 23.3 Å². The number of hydrogen-bond donors (Lipinski definition) is 2. The maximum Gasteiger partial charge on any atom is 0.251 e. The molecule has 0 bridgehead atoms. The SMILES string of the molecule is Cc1ccc(Cc2cnc(NC(=O)CNC(=O)c3ccc(Cl)cc3)s2)cc1. The van der Waals surface area contributed by atoms with Crippen LogP contribution in [0.3, 0.4) is 0 Å². The molecule has 0 aliphatic rings. The Hall–Kier alpha value is -2.70. The van der Waals surface area contributed by atoms with Gasteiger partial charge >= 0.3 is 0 Å². The van der Waals surface area contributed by atoms with Crippen molar-refractivity contribution in [2.24, 2.45) is 0 Å². The molecule has 2 N–H and O–H groups in total. The van der Waals surface area contributed by atoms with E-state index in [4.69, 9.17) is 11.6 Å². The summed E-state index contributed by atoms with van der Waals surface area (Å²) in [7, 11) is 0. The first-order valence-electron chi connectivity index (χ1n) is 8.33. The third-order valence-electron chi connectivity index (χ3n) is 3.81. The van der Waals surface area contributed by atoms with Crippen molar-refractivity contribution < 1.29 is 9.59 Å². The van der Waals surface area contributed by atoms with Crippen molar-refractivity contribution in [1.29, 1.82) is 0 Å². The van der Waals surface area contributed by atoms with Crippen molar-refractivity contribution >= 4 is 39.9 Å². The maximum atomic E-state index is 12.0. The van der Waals surface area contributed by atoms with Crippen LogP contribution in [0, 0.1) is 6.92 Å². The Morgan fingerprint density at radius 1 is 1.07 bits per heavy atom. The molecule has 0 spiro atoms. The molecule has 1 aromatic heterocycles. The predicted molar refractivity (Wildman–Crippen MR) is 109 cm³/mol. The number of anilines is 1. The van der Waals surface area contributed by atoms with Crippen LogP contribution in [0.5, 0.6) is 0 Å². The van der Waals surface area contributed by atoms with Gasteiger partial charge in [0, 0.05) is 28.1 Å². The number of aryl methyl sites for hydroxylation is 1. The second-order valence-electron chi connectivity index (χ2n) is 6.03. The monoisotopic (exact) mass is 399 g/mol. The Morgan fingerprint density at radius 3 is 2.48 bits per heavy atom. The van der Waals surface area contributed by atoms with E-state index in [1.807, 2.05) is 0 Å². The molecule has 5 nitrogen and oxygen atoms in total. The smallest absolute Gasteiger partial charge is 0.251 e. The zero-order chi connectivity index (χ0) is 19.2. The van der Waals surface area contributed by atoms with E-state index in [2.05, 4.69) is 46.8 Å². The Labute approximate surface area is 166 Å². The van der Waals surface area contributed by atoms with Crippen molar-refractivity contribution in [1.82, 2.24) is 10.3 Å². The number of hydrogen-bond acceptors (Lipinski definition) is 4. The summed E-state index contributed by atoms with van der Waals surface area (Å²) in [5, 5.41) is 6.35. The van der Waals surface area contributed by atoms with Crippen LogP contribution >= 0.6 is 22.9 Å². The molecule has 7 heteroatoms. The number of nitrogens with zero attached hydrogens (tertiary/aromatic N) is 1. The summed E-state index contributed by atoms with van der Waals surface area (Å²) in [4.78, 5) is 29.3. The molecule has 0 saturated heterocycles. The molecular weight excluding hydrogens is 382 g/mol. The first-order chi connectivity index (χ1) is 13.0. The summed E-state index contributed by atoms with van der Waals surface area (Å²) in [6.07, 6.45) is 2.52. The Kier molecular flexibility index (Phi) is 6.21. The van der Waals surface area contributed by atoms with Crippen molar-refractivity contribution in [2.75, 3.05) is 11.9 Å². The number of carbonyl (C=O) groups is 2. The van der Waals surface area contributed by atoms with Crippen LogP contribution in [0.4, 0.5) is 5.13 Å². The summed E-state index contributed by atoms with van der Waals surface area (Å²) in [5.74, 6) is -0.658. The first-order valence-corrected chi connectivity index (χ1v) is 9.53. The number of nitrogens with one attached hydrogen (secondary N) is 2. The van der Waals surface area contributed by atoms with E-state index in [0.29, 0.717) is 15.7 Å². The minimum Gasteiger partial charge on any atom is -0.343 e. The summed E-state index contributed by atoms with van der Waals surface area (Å²) in [6.45, 7) is 1.92. The fourth-order valence-electron chi connectivity index (χ4n) is 2.38. The number of thiazole rings is 1. The van der Waals surface area contributed by atoms with E-state index in [0.717, 1.165) is 11.3 Å². The molecule has 138 valence electrons. The lowest BCUT2D eigenvalue weighted by molar-refractivity contribution is -0.115. The minimum atomic E-state index is -0.332. The highest BCUT2D eigenvalue weighted by Crippen LogP contribution is 2.21. The number of halogens is 1. The van der Waals surface area contributed by atoms with Crippen molar-refractivity contribution in [3.8, 4) is 0 Å². The molecule has 0 radical (unpaired) electrons. The molecule has 0 aliphatic carbocycles. The lowest BCUT2D eigenvalue weighted by atomic mass is 10.1. The zero-order valence-electron chi connectivity index (χ0n) is 14.7. The van der Waals surface area contributed by atoms with Crippen molar-refractivity contribution in [2.45, 2.75) is 13.3 Å². The van der Waals surface area contributed by atoms with Crippen LogP contribution in [0.25, 0.3) is 0 Å². The molecule has 3 aromatic rings. The number of amides is 2. The molecule has 3 rings (SSSR count). The molecule has 27 heavy (non-hydrogen) atoms. The molecule has 0 saturated carbocycles. The number of carbonyl (C=O) groups excluding carboxylic acids is 2. The standard InChI is InChI=1S/C20H18ClN3O2S/c1-13-2-4-14(5-3-13)10-17-11-23-20(27-17)24-18(25)12-22-19(26)15-6-8-16(21)9-7-15/h2-9,11H,10,12H2,1H3,(H,22,26)(H,23,24,25). The quantitative estimate of drug-likeness (QED) is 0.656. The summed E-state index contributed by atoms with van der Waals surface area (Å²) >= 11 is 7.21. The minimum absolute atomic E-state index is 0.131. The van der Waals surface area contributed by atoms with Gasteiger partial charge in [-0.3, -0.25) is 9.59 Å². The summed E-state index contributed by atoms with van der Waals surface area (Å²) in [5.41, 5.74) is 2.86. The van der Waals surface area contributed by atoms with Crippen LogP contribution < -0.4 is 10.6 Å². The lowest BCUT2D eigenvalue weighted by Crippen LogP contribution is -2.32. The summed E-state index contributed by atoms with van der Waals surface area (Å²) < 4.78 is 0. The van der Waals surface area contributed by atoms with Gasteiger partial charge in [-0.2, -0.15) is 0 Å². The average Bonchev–Trinajstić information content (AvgIpc) is 3.09. The number of benzene rings is 2. The normalized spacial score (nSPS) is 10.4. The molecule has 0 atom stereocenters. The van der Waals surface area contributed by atoms with E-state index in [9.17, 15) is 9.59 Å². The Bertz CT molecular complexity index is 937. The van der Waals surface area contributed by atoms with Crippen LogP contribution in [0.15, 0.2) is 54.7 Å². The third kappa shape index (κ3) is 5.64. The second kappa shape index (κ2) is 8.79. The molecule has 1 heterocycles. The van der Waals surface area contributed by atoms with E-state index >= 15 is 0 Å². The van der Waals surface area contributed by atoms with Gasteiger partial charge in [0.2, 0.25) is 5.91 Å². The van der Waals surface area contributed by atoms with Crippen LogP contribution in [-0.2, 0) is 11.2 Å². The molecule has 2 aromatic carbocycles. The molecule has 0 fully saturated rings. The first kappa shape index (κ1) is 19.1. The van der Waals surface area contributed by atoms with E-state index in [1.165, 1.54) is 22.5 Å². The highest BCUT2D eigenvalue weighted by Gasteiger charge is 2.10. The van der Waals surface area contributed by atoms with Gasteiger partial charge in [-0.1, -0.05) is 41.4 Å². The van der Waals surface area contributed by atoms with Crippen molar-refractivity contribution in [3.63, 3.8) is 0 Å². The van der Waals surface area contributed by atoms with E-state index < -0.39 is 0 Å². The van der Waals surface area contributed by atoms with Gasteiger partial charge in [0.25, 0.3) is 5.91 Å². The maximum absolute atomic E-state index is 12.0. The lowest BCUT2D eigenvalue weighted by Gasteiger charge is -2.05. The van der Waals surface area contributed by atoms with Gasteiger partial charge < -0.3 is 10.6 Å². The third-order valence-corrected chi connectivity index (χ3v) is 4.98. The van der Waals surface area contributed by atoms with Crippen LogP contribution in [0.2, 0.25) is 5.02 Å². The Morgan fingerprint density at radius 2 is 1.78 bits per heavy atom. The topological polar surface area (TPSA) is 71.1 Å². The average molecular weight is 400 g/mol. The fraction of sp³-hybridized carbons (Fsp3) is 0.150. The van der Waals surface area contributed by atoms with E-state index in [1.54, 1.807) is 30.5 Å². The van der Waals surface area contributed by atoms with Gasteiger partial charge in [0.15, 0.2) is 5.13 Å². The number of aromatic nitrogens is 1. The fourth-order valence-corrected chi connectivity index (χ4v) is 3.37. The largest absolute Gasteiger partial charge is 0.343 e. The van der Waals surface area contributed by atoms with Gasteiger partial charge in [0.1, 0.15) is 0 Å². The molecule has 0 unspecified atom stereocenters. The van der Waals surface area contributed by atoms with Gasteiger partial charge in [-0.25, -0.2) is 4.98 Å². The molecule has 2 amide bonds.